The molecule has 0 unspecified atom stereocenters. The topological polar surface area (TPSA) is 62.7 Å². The van der Waals surface area contributed by atoms with Gasteiger partial charge in [0.2, 0.25) is 0 Å². The highest BCUT2D eigenvalue weighted by Crippen LogP contribution is 2.48. The zero-order valence-corrected chi connectivity index (χ0v) is 15.1. The number of aliphatic imine (C=N–C) groups is 1. The lowest BCUT2D eigenvalue weighted by atomic mass is 9.96. The fourth-order valence-electron chi connectivity index (χ4n) is 2.75. The summed E-state index contributed by atoms with van der Waals surface area (Å²) < 4.78 is 18.4. The number of carbonyl (C=O) groups excluding carboxylic acids is 1. The Labute approximate surface area is 149 Å². The van der Waals surface area contributed by atoms with Crippen LogP contribution in [0.25, 0.3) is 0 Å². The van der Waals surface area contributed by atoms with Crippen molar-refractivity contribution in [3.05, 3.63) is 35.6 Å². The van der Waals surface area contributed by atoms with Crippen molar-refractivity contribution in [2.75, 3.05) is 26.2 Å². The highest BCUT2D eigenvalue weighted by atomic mass is 19.1. The SMILES string of the molecule is CCNC(=NCC1(c2cccc(F)c2)CC1)NCCCC(=O)OCC. The average Bonchev–Trinajstić information content (AvgIpc) is 3.38. The van der Waals surface area contributed by atoms with Gasteiger partial charge in [0, 0.05) is 24.9 Å². The van der Waals surface area contributed by atoms with Crippen LogP contribution in [0.1, 0.15) is 45.1 Å². The van der Waals surface area contributed by atoms with Gasteiger partial charge in [-0.3, -0.25) is 9.79 Å². The summed E-state index contributed by atoms with van der Waals surface area (Å²) >= 11 is 0. The second-order valence-electron chi connectivity index (χ2n) is 6.32. The van der Waals surface area contributed by atoms with E-state index >= 15 is 0 Å². The van der Waals surface area contributed by atoms with E-state index in [0.29, 0.717) is 32.5 Å². The smallest absolute Gasteiger partial charge is 0.305 e. The predicted octanol–water partition coefficient (Wildman–Crippen LogP) is 2.76. The third-order valence-corrected chi connectivity index (χ3v) is 4.33. The molecule has 0 bridgehead atoms. The van der Waals surface area contributed by atoms with Gasteiger partial charge in [-0.1, -0.05) is 12.1 Å². The van der Waals surface area contributed by atoms with E-state index in [1.54, 1.807) is 19.1 Å². The van der Waals surface area contributed by atoms with Crippen molar-refractivity contribution in [3.8, 4) is 0 Å². The van der Waals surface area contributed by atoms with Gasteiger partial charge in [-0.2, -0.15) is 0 Å². The molecular formula is C19H28FN3O2. The highest BCUT2D eigenvalue weighted by Gasteiger charge is 2.44. The Morgan fingerprint density at radius 3 is 2.76 bits per heavy atom. The highest BCUT2D eigenvalue weighted by molar-refractivity contribution is 5.80. The van der Waals surface area contributed by atoms with Crippen LogP contribution in [0.2, 0.25) is 0 Å². The zero-order valence-electron chi connectivity index (χ0n) is 15.1. The standard InChI is InChI=1S/C19H28FN3O2/c1-3-21-18(22-12-6-9-17(24)25-4-2)23-14-19(10-11-19)15-7-5-8-16(20)13-15/h5,7-8,13H,3-4,6,9-12,14H2,1-2H3,(H2,21,22,23). The molecule has 0 atom stereocenters. The maximum atomic E-state index is 13.5. The summed E-state index contributed by atoms with van der Waals surface area (Å²) in [6.45, 7) is 6.27. The Kier molecular flexibility index (Phi) is 7.22. The first-order chi connectivity index (χ1) is 12.1. The quantitative estimate of drug-likeness (QED) is 0.311. The van der Waals surface area contributed by atoms with E-state index in [0.717, 1.165) is 30.9 Å². The number of nitrogens with one attached hydrogen (secondary N) is 2. The second-order valence-corrected chi connectivity index (χ2v) is 6.32. The molecule has 0 saturated heterocycles. The van der Waals surface area contributed by atoms with Crippen LogP contribution in [-0.4, -0.2) is 38.2 Å². The maximum Gasteiger partial charge on any atom is 0.305 e. The number of halogens is 1. The first kappa shape index (κ1) is 19.2. The first-order valence-corrected chi connectivity index (χ1v) is 9.03. The third kappa shape index (κ3) is 6.03. The van der Waals surface area contributed by atoms with Crippen molar-refractivity contribution in [1.82, 2.24) is 10.6 Å². The fourth-order valence-corrected chi connectivity index (χ4v) is 2.75. The van der Waals surface area contributed by atoms with E-state index in [1.165, 1.54) is 6.07 Å². The number of benzene rings is 1. The number of hydrogen-bond acceptors (Lipinski definition) is 3. The lowest BCUT2D eigenvalue weighted by molar-refractivity contribution is -0.143. The molecule has 0 aromatic heterocycles. The van der Waals surface area contributed by atoms with Crippen molar-refractivity contribution in [2.45, 2.75) is 44.9 Å². The van der Waals surface area contributed by atoms with Crippen LogP contribution >= 0.6 is 0 Å². The molecule has 1 fully saturated rings. The average molecular weight is 349 g/mol. The predicted molar refractivity (Wildman–Crippen MR) is 97.2 cm³/mol. The first-order valence-electron chi connectivity index (χ1n) is 9.03. The van der Waals surface area contributed by atoms with Crippen LogP contribution in [0, 0.1) is 5.82 Å². The number of nitrogens with zero attached hydrogens (tertiary/aromatic N) is 1. The lowest BCUT2D eigenvalue weighted by Gasteiger charge is -2.16. The summed E-state index contributed by atoms with van der Waals surface area (Å²) in [5.41, 5.74) is 0.990. The minimum Gasteiger partial charge on any atom is -0.466 e. The monoisotopic (exact) mass is 349 g/mol. The molecule has 0 amide bonds. The molecule has 0 heterocycles. The van der Waals surface area contributed by atoms with Crippen molar-refractivity contribution >= 4 is 11.9 Å². The molecule has 1 aliphatic rings. The molecule has 2 rings (SSSR count). The van der Waals surface area contributed by atoms with Gasteiger partial charge in [-0.05, 0) is 50.8 Å². The van der Waals surface area contributed by atoms with Crippen LogP contribution in [-0.2, 0) is 14.9 Å². The summed E-state index contributed by atoms with van der Waals surface area (Å²) in [6.07, 6.45) is 3.15. The van der Waals surface area contributed by atoms with Gasteiger partial charge in [0.15, 0.2) is 5.96 Å². The van der Waals surface area contributed by atoms with E-state index in [-0.39, 0.29) is 17.2 Å². The molecule has 0 spiro atoms. The molecule has 1 aromatic carbocycles. The fraction of sp³-hybridized carbons (Fsp3) is 0.579. The van der Waals surface area contributed by atoms with Crippen LogP contribution in [0.5, 0.6) is 0 Å². The molecule has 0 radical (unpaired) electrons. The minimum absolute atomic E-state index is 0.0324. The van der Waals surface area contributed by atoms with Gasteiger partial charge in [0.05, 0.1) is 13.2 Å². The molecule has 2 N–H and O–H groups in total. The van der Waals surface area contributed by atoms with Crippen LogP contribution in [0.15, 0.2) is 29.3 Å². The Bertz CT molecular complexity index is 600. The zero-order chi connectivity index (χ0) is 18.1. The summed E-state index contributed by atoms with van der Waals surface area (Å²) in [5, 5.41) is 6.45. The van der Waals surface area contributed by atoms with Crippen molar-refractivity contribution in [1.29, 1.82) is 0 Å². The molecule has 1 saturated carbocycles. The Hall–Kier alpha value is -2.11. The Morgan fingerprint density at radius 1 is 1.32 bits per heavy atom. The number of ether oxygens (including phenoxy) is 1. The van der Waals surface area contributed by atoms with Crippen molar-refractivity contribution < 1.29 is 13.9 Å². The molecule has 6 heteroatoms. The molecule has 1 aromatic rings. The van der Waals surface area contributed by atoms with Crippen molar-refractivity contribution in [3.63, 3.8) is 0 Å². The van der Waals surface area contributed by atoms with Gasteiger partial charge in [0.1, 0.15) is 5.82 Å². The summed E-state index contributed by atoms with van der Waals surface area (Å²) in [6, 6.07) is 6.82. The van der Waals surface area contributed by atoms with E-state index in [1.807, 2.05) is 13.0 Å². The molecule has 5 nitrogen and oxygen atoms in total. The number of hydrogen-bond donors (Lipinski definition) is 2. The van der Waals surface area contributed by atoms with Gasteiger partial charge in [-0.15, -0.1) is 0 Å². The van der Waals surface area contributed by atoms with E-state index < -0.39 is 0 Å². The largest absolute Gasteiger partial charge is 0.466 e. The normalized spacial score (nSPS) is 15.6. The Balaban J connectivity index is 1.86. The molecular weight excluding hydrogens is 321 g/mol. The van der Waals surface area contributed by atoms with E-state index in [9.17, 15) is 9.18 Å². The van der Waals surface area contributed by atoms with E-state index in [4.69, 9.17) is 4.74 Å². The Morgan fingerprint density at radius 2 is 2.12 bits per heavy atom. The third-order valence-electron chi connectivity index (χ3n) is 4.33. The van der Waals surface area contributed by atoms with Crippen LogP contribution in [0.3, 0.4) is 0 Å². The molecule has 1 aliphatic carbocycles. The minimum atomic E-state index is -0.197. The number of carbonyl (C=O) groups is 1. The van der Waals surface area contributed by atoms with Gasteiger partial charge in [-0.25, -0.2) is 4.39 Å². The number of esters is 1. The maximum absolute atomic E-state index is 13.5. The van der Waals surface area contributed by atoms with E-state index in [2.05, 4.69) is 15.6 Å². The summed E-state index contributed by atoms with van der Waals surface area (Å²) in [4.78, 5) is 16.0. The second kappa shape index (κ2) is 9.39. The molecule has 0 aliphatic heterocycles. The van der Waals surface area contributed by atoms with Crippen molar-refractivity contribution in [2.24, 2.45) is 4.99 Å². The number of guanidine groups is 1. The van der Waals surface area contributed by atoms with Crippen LogP contribution in [0.4, 0.5) is 4.39 Å². The van der Waals surface area contributed by atoms with Gasteiger partial charge >= 0.3 is 5.97 Å². The summed E-state index contributed by atoms with van der Waals surface area (Å²) in [5.74, 6) is 0.361. The molecule has 25 heavy (non-hydrogen) atoms. The van der Waals surface area contributed by atoms with Gasteiger partial charge < -0.3 is 15.4 Å². The van der Waals surface area contributed by atoms with Crippen LogP contribution < -0.4 is 10.6 Å². The lowest BCUT2D eigenvalue weighted by Crippen LogP contribution is -2.38. The molecule has 138 valence electrons. The number of rotatable bonds is 9. The summed E-state index contributed by atoms with van der Waals surface area (Å²) in [7, 11) is 0. The van der Waals surface area contributed by atoms with Gasteiger partial charge in [0.25, 0.3) is 0 Å².